The van der Waals surface area contributed by atoms with E-state index in [1.165, 1.54) is 19.2 Å². The molecule has 1 aliphatic heterocycles. The first kappa shape index (κ1) is 25.2. The van der Waals surface area contributed by atoms with Gasteiger partial charge in [-0.15, -0.1) is 0 Å². The SMILES string of the molecule is CC[N+]1(CC)C=NC=C1C(O)c1ccc2nc(OC)c(Cc3ccc(C(F)(F)F)cc3)c(Cl)c2c1. The summed E-state index contributed by atoms with van der Waals surface area (Å²) in [6.45, 7) is 5.60. The van der Waals surface area contributed by atoms with Gasteiger partial charge in [0.1, 0.15) is 0 Å². The number of methoxy groups -OCH3 is 1. The highest BCUT2D eigenvalue weighted by molar-refractivity contribution is 6.36. The third-order valence-corrected chi connectivity index (χ3v) is 7.02. The van der Waals surface area contributed by atoms with Gasteiger partial charge in [0.2, 0.25) is 5.88 Å². The maximum atomic E-state index is 12.9. The second kappa shape index (κ2) is 9.60. The fourth-order valence-electron chi connectivity index (χ4n) is 4.42. The summed E-state index contributed by atoms with van der Waals surface area (Å²) in [6, 6.07) is 10.3. The Morgan fingerprint density at radius 1 is 1.09 bits per heavy atom. The molecule has 1 unspecified atom stereocenters. The van der Waals surface area contributed by atoms with Gasteiger partial charge in [-0.3, -0.25) is 0 Å². The number of benzene rings is 2. The van der Waals surface area contributed by atoms with E-state index in [4.69, 9.17) is 16.3 Å². The summed E-state index contributed by atoms with van der Waals surface area (Å²) in [5, 5.41) is 12.2. The minimum atomic E-state index is -4.40. The van der Waals surface area contributed by atoms with Gasteiger partial charge in [-0.2, -0.15) is 13.2 Å². The van der Waals surface area contributed by atoms with Gasteiger partial charge < -0.3 is 9.84 Å². The summed E-state index contributed by atoms with van der Waals surface area (Å²) in [6.07, 6.45) is -1.52. The van der Waals surface area contributed by atoms with Crippen molar-refractivity contribution in [1.29, 1.82) is 0 Å². The van der Waals surface area contributed by atoms with E-state index in [0.29, 0.717) is 43.0 Å². The molecule has 1 atom stereocenters. The van der Waals surface area contributed by atoms with Crippen LogP contribution in [0.25, 0.3) is 10.9 Å². The lowest BCUT2D eigenvalue weighted by Crippen LogP contribution is -2.45. The number of aliphatic hydroxyl groups excluding tert-OH is 1. The lowest BCUT2D eigenvalue weighted by molar-refractivity contribution is -0.794. The summed E-state index contributed by atoms with van der Waals surface area (Å²) in [4.78, 5) is 8.85. The topological polar surface area (TPSA) is 54.7 Å². The standard InChI is InChI=1S/C26H26ClF3N3O2/c1-4-33(5-2)15-31-14-22(33)24(34)17-8-11-21-19(13-17)23(27)20(25(32-21)35-3)12-16-6-9-18(10-7-16)26(28,29)30/h6-11,13-15,24,34H,4-5,12H2,1-3H3/q+1. The average Bonchev–Trinajstić information content (AvgIpc) is 3.29. The van der Waals surface area contributed by atoms with E-state index >= 15 is 0 Å². The van der Waals surface area contributed by atoms with Crippen LogP contribution < -0.4 is 4.74 Å². The summed E-state index contributed by atoms with van der Waals surface area (Å²) < 4.78 is 44.7. The number of aliphatic imine (C=N–C) groups is 1. The number of rotatable bonds is 7. The maximum absolute atomic E-state index is 12.9. The Kier molecular flexibility index (Phi) is 6.90. The Morgan fingerprint density at radius 2 is 1.77 bits per heavy atom. The van der Waals surface area contributed by atoms with Crippen molar-refractivity contribution in [3.8, 4) is 5.88 Å². The Morgan fingerprint density at radius 3 is 2.37 bits per heavy atom. The molecule has 0 radical (unpaired) electrons. The molecule has 0 saturated heterocycles. The van der Waals surface area contributed by atoms with Crippen LogP contribution in [0.1, 0.15) is 42.2 Å². The molecule has 0 spiro atoms. The molecule has 2 aromatic carbocycles. The molecule has 0 fully saturated rings. The minimum Gasteiger partial charge on any atom is -0.481 e. The second-order valence-corrected chi connectivity index (χ2v) is 8.83. The molecule has 3 aromatic rings. The fraction of sp³-hybridized carbons (Fsp3) is 0.308. The van der Waals surface area contributed by atoms with Gasteiger partial charge in [0.05, 0.1) is 42.5 Å². The highest BCUT2D eigenvalue weighted by atomic mass is 35.5. The Labute approximate surface area is 206 Å². The van der Waals surface area contributed by atoms with Gasteiger partial charge in [-0.25, -0.2) is 14.5 Å². The van der Waals surface area contributed by atoms with Crippen molar-refractivity contribution < 1.29 is 27.5 Å². The number of pyridine rings is 1. The van der Waals surface area contributed by atoms with Crippen LogP contribution in [0.2, 0.25) is 5.02 Å². The molecule has 184 valence electrons. The van der Waals surface area contributed by atoms with Gasteiger partial charge in [0.15, 0.2) is 18.1 Å². The number of fused-ring (bicyclic) bond motifs is 1. The van der Waals surface area contributed by atoms with Crippen molar-refractivity contribution in [2.75, 3.05) is 20.2 Å². The second-order valence-electron chi connectivity index (χ2n) is 8.45. The molecule has 9 heteroatoms. The van der Waals surface area contributed by atoms with Crippen LogP contribution >= 0.6 is 11.6 Å². The fourth-order valence-corrected chi connectivity index (χ4v) is 4.72. The monoisotopic (exact) mass is 504 g/mol. The van der Waals surface area contributed by atoms with Crippen LogP contribution in [0.5, 0.6) is 5.88 Å². The highest BCUT2D eigenvalue weighted by Gasteiger charge is 2.37. The van der Waals surface area contributed by atoms with Crippen molar-refractivity contribution in [1.82, 2.24) is 4.98 Å². The van der Waals surface area contributed by atoms with E-state index in [-0.39, 0.29) is 6.42 Å². The Hall–Kier alpha value is -2.94. The van der Waals surface area contributed by atoms with Gasteiger partial charge in [-0.1, -0.05) is 29.8 Å². The molecule has 1 N–H and O–H groups in total. The molecule has 0 amide bonds. The number of hydrogen-bond acceptors (Lipinski definition) is 4. The number of aliphatic hydroxyl groups is 1. The van der Waals surface area contributed by atoms with Crippen LogP contribution in [0.3, 0.4) is 0 Å². The summed E-state index contributed by atoms with van der Waals surface area (Å²) in [7, 11) is 1.47. The third-order valence-electron chi connectivity index (χ3n) is 6.59. The first-order chi connectivity index (χ1) is 16.6. The molecule has 35 heavy (non-hydrogen) atoms. The molecule has 1 aliphatic rings. The van der Waals surface area contributed by atoms with Crippen molar-refractivity contribution in [2.24, 2.45) is 4.99 Å². The zero-order valence-electron chi connectivity index (χ0n) is 19.6. The number of alkyl halides is 3. The van der Waals surface area contributed by atoms with Gasteiger partial charge >= 0.3 is 6.18 Å². The molecular weight excluding hydrogens is 479 g/mol. The van der Waals surface area contributed by atoms with E-state index in [9.17, 15) is 18.3 Å². The molecule has 0 aliphatic carbocycles. The van der Waals surface area contributed by atoms with Gasteiger partial charge in [0, 0.05) is 17.4 Å². The van der Waals surface area contributed by atoms with Crippen molar-refractivity contribution in [3.05, 3.63) is 81.6 Å². The molecular formula is C26H26ClF3N3O2+. The van der Waals surface area contributed by atoms with E-state index < -0.39 is 17.8 Å². The van der Waals surface area contributed by atoms with Crippen molar-refractivity contribution in [2.45, 2.75) is 32.5 Å². The zero-order chi connectivity index (χ0) is 25.4. The molecule has 2 heterocycles. The Bertz CT molecular complexity index is 1300. The van der Waals surface area contributed by atoms with Gasteiger partial charge in [0.25, 0.3) is 0 Å². The van der Waals surface area contributed by atoms with Crippen LogP contribution in [0.15, 0.2) is 59.4 Å². The predicted octanol–water partition coefficient (Wildman–Crippen LogP) is 6.28. The number of aromatic nitrogens is 1. The summed E-state index contributed by atoms with van der Waals surface area (Å²) in [5.41, 5.74) is 2.49. The minimum absolute atomic E-state index is 0.237. The van der Waals surface area contributed by atoms with E-state index in [2.05, 4.69) is 9.98 Å². The molecule has 5 nitrogen and oxygen atoms in total. The maximum Gasteiger partial charge on any atom is 0.416 e. The zero-order valence-corrected chi connectivity index (χ0v) is 20.4. The van der Waals surface area contributed by atoms with Crippen LogP contribution in [-0.2, 0) is 12.6 Å². The van der Waals surface area contributed by atoms with Gasteiger partial charge in [-0.05, 0) is 49.2 Å². The first-order valence-electron chi connectivity index (χ1n) is 11.3. The number of ether oxygens (including phenoxy) is 1. The number of nitrogens with zero attached hydrogens (tertiary/aromatic N) is 3. The molecule has 1 aromatic heterocycles. The van der Waals surface area contributed by atoms with E-state index in [0.717, 1.165) is 30.9 Å². The smallest absolute Gasteiger partial charge is 0.416 e. The molecule has 0 saturated carbocycles. The highest BCUT2D eigenvalue weighted by Crippen LogP contribution is 2.38. The van der Waals surface area contributed by atoms with Crippen molar-refractivity contribution >= 4 is 28.8 Å². The van der Waals surface area contributed by atoms with Crippen LogP contribution in [-0.4, -0.2) is 41.1 Å². The number of halogens is 4. The van der Waals surface area contributed by atoms with E-state index in [1.54, 1.807) is 24.4 Å². The third kappa shape index (κ3) is 4.66. The quantitative estimate of drug-likeness (QED) is 0.385. The summed E-state index contributed by atoms with van der Waals surface area (Å²) in [5.74, 6) is 0.301. The number of quaternary nitrogens is 1. The summed E-state index contributed by atoms with van der Waals surface area (Å²) >= 11 is 6.80. The average molecular weight is 505 g/mol. The lowest BCUT2D eigenvalue weighted by Gasteiger charge is -2.32. The number of hydrogen-bond donors (Lipinski definition) is 1. The van der Waals surface area contributed by atoms with E-state index in [1.807, 2.05) is 20.2 Å². The molecule has 0 bridgehead atoms. The normalized spacial score (nSPS) is 15.9. The Balaban J connectivity index is 1.73. The van der Waals surface area contributed by atoms with Crippen LogP contribution in [0.4, 0.5) is 13.2 Å². The lowest BCUT2D eigenvalue weighted by atomic mass is 9.99. The van der Waals surface area contributed by atoms with Crippen molar-refractivity contribution in [3.63, 3.8) is 0 Å². The largest absolute Gasteiger partial charge is 0.481 e. The first-order valence-corrected chi connectivity index (χ1v) is 11.6. The number of likely N-dealkylation sites (N-methyl/N-ethyl adjacent to an activating group) is 1. The predicted molar refractivity (Wildman–Crippen MR) is 130 cm³/mol. The molecule has 4 rings (SSSR count). The van der Waals surface area contributed by atoms with Crippen LogP contribution in [0, 0.1) is 0 Å².